The van der Waals surface area contributed by atoms with Gasteiger partial charge in [-0.1, -0.05) is 30.3 Å². The van der Waals surface area contributed by atoms with Crippen molar-refractivity contribution in [1.29, 1.82) is 0 Å². The molecule has 0 atom stereocenters. The minimum atomic E-state index is -4.41. The van der Waals surface area contributed by atoms with E-state index < -0.39 is 17.4 Å². The third-order valence-corrected chi connectivity index (χ3v) is 3.05. The molecular weight excluding hydrogens is 265 g/mol. The van der Waals surface area contributed by atoms with Crippen LogP contribution in [0.25, 0.3) is 0 Å². The van der Waals surface area contributed by atoms with Gasteiger partial charge in [-0.3, -0.25) is 0 Å². The number of halogens is 3. The van der Waals surface area contributed by atoms with Crippen LogP contribution in [0.5, 0.6) is 0 Å². The fraction of sp³-hybridized carbons (Fsp3) is 0.400. The first-order valence-electron chi connectivity index (χ1n) is 6.37. The van der Waals surface area contributed by atoms with Gasteiger partial charge in [-0.25, -0.2) is 4.98 Å². The Kier molecular flexibility index (Phi) is 3.63. The van der Waals surface area contributed by atoms with E-state index >= 15 is 0 Å². The summed E-state index contributed by atoms with van der Waals surface area (Å²) in [6.45, 7) is 5.20. The number of rotatable bonds is 2. The molecule has 0 N–H and O–H groups in total. The maximum atomic E-state index is 13.3. The van der Waals surface area contributed by atoms with Crippen molar-refractivity contribution >= 4 is 0 Å². The number of hydrogen-bond acceptors (Lipinski definition) is 1. The lowest BCUT2D eigenvalue weighted by Gasteiger charge is -2.25. The summed E-state index contributed by atoms with van der Waals surface area (Å²) in [6, 6.07) is 9.06. The maximum Gasteiger partial charge on any atom is 0.433 e. The van der Waals surface area contributed by atoms with Gasteiger partial charge in [0, 0.05) is 12.0 Å². The van der Waals surface area contributed by atoms with Gasteiger partial charge in [0.25, 0.3) is 0 Å². The van der Waals surface area contributed by atoms with Gasteiger partial charge in [-0.05, 0) is 26.3 Å². The lowest BCUT2D eigenvalue weighted by molar-refractivity contribution is -0.145. The van der Waals surface area contributed by atoms with Gasteiger partial charge in [-0.2, -0.15) is 13.2 Å². The van der Waals surface area contributed by atoms with E-state index in [0.29, 0.717) is 0 Å². The van der Waals surface area contributed by atoms with Crippen molar-refractivity contribution in [3.63, 3.8) is 0 Å². The van der Waals surface area contributed by atoms with Crippen molar-refractivity contribution in [2.24, 2.45) is 0 Å². The zero-order valence-corrected chi connectivity index (χ0v) is 11.7. The quantitative estimate of drug-likeness (QED) is 0.805. The summed E-state index contributed by atoms with van der Waals surface area (Å²) >= 11 is 0. The highest BCUT2D eigenvalue weighted by Gasteiger charge is 2.40. The molecular formula is C15H17F3N2. The van der Waals surface area contributed by atoms with Crippen LogP contribution in [-0.4, -0.2) is 9.55 Å². The molecule has 5 heteroatoms. The lowest BCUT2D eigenvalue weighted by Crippen LogP contribution is -2.27. The van der Waals surface area contributed by atoms with Crippen LogP contribution in [0.2, 0.25) is 0 Å². The van der Waals surface area contributed by atoms with Gasteiger partial charge in [-0.15, -0.1) is 0 Å². The summed E-state index contributed by atoms with van der Waals surface area (Å²) in [5, 5.41) is 0. The van der Waals surface area contributed by atoms with Gasteiger partial charge in [0.05, 0.1) is 12.0 Å². The normalized spacial score (nSPS) is 12.7. The van der Waals surface area contributed by atoms with E-state index in [9.17, 15) is 13.2 Å². The van der Waals surface area contributed by atoms with Crippen LogP contribution in [0.4, 0.5) is 13.2 Å². The molecule has 2 nitrogen and oxygen atoms in total. The lowest BCUT2D eigenvalue weighted by atomic mass is 10.1. The van der Waals surface area contributed by atoms with E-state index in [1.165, 1.54) is 10.9 Å². The second-order valence-electron chi connectivity index (χ2n) is 5.74. The van der Waals surface area contributed by atoms with Crippen LogP contribution in [0, 0.1) is 0 Å². The Bertz CT molecular complexity index is 577. The summed E-state index contributed by atoms with van der Waals surface area (Å²) in [4.78, 5) is 3.99. The van der Waals surface area contributed by atoms with Crippen LogP contribution < -0.4 is 0 Å². The Balaban J connectivity index is 2.47. The summed E-state index contributed by atoms with van der Waals surface area (Å²) in [5.74, 6) is 0. The molecule has 0 saturated carbocycles. The molecule has 0 aliphatic rings. The summed E-state index contributed by atoms with van der Waals surface area (Å²) in [6.07, 6.45) is -2.95. The third kappa shape index (κ3) is 3.03. The molecule has 0 aliphatic heterocycles. The third-order valence-electron chi connectivity index (χ3n) is 3.05. The maximum absolute atomic E-state index is 13.3. The topological polar surface area (TPSA) is 17.8 Å². The van der Waals surface area contributed by atoms with Gasteiger partial charge >= 0.3 is 6.18 Å². The Morgan fingerprint density at radius 2 is 1.65 bits per heavy atom. The molecule has 1 heterocycles. The zero-order chi connectivity index (χ0) is 15.0. The highest BCUT2D eigenvalue weighted by atomic mass is 19.4. The van der Waals surface area contributed by atoms with E-state index in [2.05, 4.69) is 4.98 Å². The molecule has 2 aromatic rings. The SMILES string of the molecule is CC(C)(C)n1cnc(Cc2ccccc2)c1C(F)(F)F. The second-order valence-corrected chi connectivity index (χ2v) is 5.74. The largest absolute Gasteiger partial charge is 0.433 e. The molecule has 108 valence electrons. The summed E-state index contributed by atoms with van der Waals surface area (Å²) in [5.41, 5.74) is -0.433. The van der Waals surface area contributed by atoms with Crippen LogP contribution in [0.15, 0.2) is 36.7 Å². The van der Waals surface area contributed by atoms with Crippen molar-refractivity contribution < 1.29 is 13.2 Å². The highest BCUT2D eigenvalue weighted by molar-refractivity contribution is 5.27. The first-order chi connectivity index (χ1) is 9.19. The molecule has 2 rings (SSSR count). The molecule has 0 unspecified atom stereocenters. The van der Waals surface area contributed by atoms with Crippen molar-refractivity contribution in [3.8, 4) is 0 Å². The smallest absolute Gasteiger partial charge is 0.321 e. The second kappa shape index (κ2) is 4.96. The molecule has 1 aromatic heterocycles. The molecule has 0 spiro atoms. The van der Waals surface area contributed by atoms with Crippen molar-refractivity contribution in [2.75, 3.05) is 0 Å². The molecule has 0 aliphatic carbocycles. The van der Waals surface area contributed by atoms with Crippen molar-refractivity contribution in [3.05, 3.63) is 53.6 Å². The van der Waals surface area contributed by atoms with Crippen LogP contribution in [0.3, 0.4) is 0 Å². The number of alkyl halides is 3. The minimum Gasteiger partial charge on any atom is -0.321 e. The number of aromatic nitrogens is 2. The first kappa shape index (κ1) is 14.6. The summed E-state index contributed by atoms with van der Waals surface area (Å²) < 4.78 is 41.1. The average Bonchev–Trinajstić information content (AvgIpc) is 2.73. The predicted molar refractivity (Wildman–Crippen MR) is 71.5 cm³/mol. The Morgan fingerprint density at radius 1 is 1.05 bits per heavy atom. The number of nitrogens with zero attached hydrogens (tertiary/aromatic N) is 2. The number of hydrogen-bond donors (Lipinski definition) is 0. The van der Waals surface area contributed by atoms with Crippen molar-refractivity contribution in [1.82, 2.24) is 9.55 Å². The van der Waals surface area contributed by atoms with E-state index in [1.807, 2.05) is 18.2 Å². The monoisotopic (exact) mass is 282 g/mol. The highest BCUT2D eigenvalue weighted by Crippen LogP contribution is 2.35. The van der Waals surface area contributed by atoms with Crippen LogP contribution in [-0.2, 0) is 18.1 Å². The zero-order valence-electron chi connectivity index (χ0n) is 11.7. The molecule has 0 radical (unpaired) electrons. The van der Waals surface area contributed by atoms with Gasteiger partial charge in [0.1, 0.15) is 5.69 Å². The number of benzene rings is 1. The predicted octanol–water partition coefficient (Wildman–Crippen LogP) is 4.25. The molecule has 0 fully saturated rings. The Morgan fingerprint density at radius 3 is 2.15 bits per heavy atom. The molecule has 0 amide bonds. The van der Waals surface area contributed by atoms with Crippen LogP contribution in [0.1, 0.15) is 37.7 Å². The fourth-order valence-electron chi connectivity index (χ4n) is 2.11. The fourth-order valence-corrected chi connectivity index (χ4v) is 2.11. The summed E-state index contributed by atoms with van der Waals surface area (Å²) in [7, 11) is 0. The molecule has 0 saturated heterocycles. The molecule has 20 heavy (non-hydrogen) atoms. The van der Waals surface area contributed by atoms with Gasteiger partial charge < -0.3 is 4.57 Å². The van der Waals surface area contributed by atoms with Crippen LogP contribution >= 0.6 is 0 Å². The Hall–Kier alpha value is -1.78. The van der Waals surface area contributed by atoms with E-state index in [4.69, 9.17) is 0 Å². The van der Waals surface area contributed by atoms with E-state index in [-0.39, 0.29) is 12.1 Å². The van der Waals surface area contributed by atoms with Crippen molar-refractivity contribution in [2.45, 2.75) is 38.9 Å². The minimum absolute atomic E-state index is 0.0682. The average molecular weight is 282 g/mol. The van der Waals surface area contributed by atoms with E-state index in [1.54, 1.807) is 32.9 Å². The first-order valence-corrected chi connectivity index (χ1v) is 6.37. The van der Waals surface area contributed by atoms with E-state index in [0.717, 1.165) is 5.56 Å². The number of imidazole rings is 1. The van der Waals surface area contributed by atoms with Gasteiger partial charge in [0.15, 0.2) is 0 Å². The van der Waals surface area contributed by atoms with Gasteiger partial charge in [0.2, 0.25) is 0 Å². The Labute approximate surface area is 116 Å². The standard InChI is InChI=1S/C15H17F3N2/c1-14(2,3)20-10-19-12(13(20)15(16,17)18)9-11-7-5-4-6-8-11/h4-8,10H,9H2,1-3H3. The molecule has 1 aromatic carbocycles. The molecule has 0 bridgehead atoms.